The van der Waals surface area contributed by atoms with Gasteiger partial charge in [0, 0.05) is 61.3 Å². The number of aliphatic hydroxyl groups excluding tert-OH is 1. The first-order valence-corrected chi connectivity index (χ1v) is 18.4. The fraction of sp³-hybridized carbons (Fsp3) is 0.410. The minimum Gasteiger partial charge on any atom is -0.481 e. The number of carbonyl (C=O) groups excluding carboxylic acids is 2. The largest absolute Gasteiger partial charge is 0.481 e. The number of aromatic nitrogens is 3. The van der Waals surface area contributed by atoms with Crippen LogP contribution in [0.4, 0.5) is 10.5 Å². The van der Waals surface area contributed by atoms with Gasteiger partial charge < -0.3 is 25.8 Å². The first-order chi connectivity index (χ1) is 25.4. The monoisotopic (exact) mass is 741 g/mol. The Morgan fingerprint density at radius 2 is 1.91 bits per heavy atom. The molecule has 1 spiro atoms. The van der Waals surface area contributed by atoms with Gasteiger partial charge in [-0.3, -0.25) is 23.6 Å². The molecule has 3 atom stereocenters. The van der Waals surface area contributed by atoms with Gasteiger partial charge in [0.2, 0.25) is 5.88 Å². The lowest BCUT2D eigenvalue weighted by Gasteiger charge is -2.36. The highest BCUT2D eigenvalue weighted by Gasteiger charge is 2.45. The summed E-state index contributed by atoms with van der Waals surface area (Å²) in [6.07, 6.45) is 4.47. The maximum Gasteiger partial charge on any atom is 0.330 e. The van der Waals surface area contributed by atoms with Crippen LogP contribution in [0.3, 0.4) is 0 Å². The molecule has 2 aromatic carbocycles. The van der Waals surface area contributed by atoms with Gasteiger partial charge in [0.25, 0.3) is 11.5 Å². The van der Waals surface area contributed by atoms with Gasteiger partial charge in [0.05, 0.1) is 36.0 Å². The number of pyridine rings is 1. The van der Waals surface area contributed by atoms with Crippen LogP contribution in [0.1, 0.15) is 66.2 Å². The topological polar surface area (TPSA) is 160 Å². The van der Waals surface area contributed by atoms with Crippen LogP contribution in [0.2, 0.25) is 5.02 Å². The number of aryl methyl sites for hydroxylation is 1. The van der Waals surface area contributed by atoms with Crippen LogP contribution in [0, 0.1) is 0 Å². The summed E-state index contributed by atoms with van der Waals surface area (Å²) in [5.41, 5.74) is 4.79. The Balaban J connectivity index is 1.19. The number of carbonyl (C=O) groups is 2. The third-order valence-corrected chi connectivity index (χ3v) is 11.2. The number of aliphatic hydroxyl groups is 1. The van der Waals surface area contributed by atoms with Crippen molar-refractivity contribution in [1.29, 1.82) is 0 Å². The first kappa shape index (κ1) is 36.4. The van der Waals surface area contributed by atoms with Gasteiger partial charge in [0.15, 0.2) is 0 Å². The number of fused-ring (bicyclic) bond motifs is 1. The second-order valence-electron chi connectivity index (χ2n) is 14.3. The average Bonchev–Trinajstić information content (AvgIpc) is 3.75. The molecule has 0 saturated carbocycles. The summed E-state index contributed by atoms with van der Waals surface area (Å²) < 4.78 is 7.95. The molecular weight excluding hydrogens is 698 g/mol. The number of hydrogen-bond donors (Lipinski definition) is 4. The highest BCUT2D eigenvalue weighted by atomic mass is 35.5. The number of likely N-dealkylation sites (tertiary alicyclic amines) is 1. The molecule has 13 nitrogen and oxygen atoms in total. The zero-order chi connectivity index (χ0) is 37.6. The Morgan fingerprint density at radius 1 is 1.15 bits per heavy atom. The SMILES string of the molecule is CCc1c(NC(=O)c2cn(CC(C)O)c(=O)n(C)c2=O)cccc1-c1cccc(-c2cc3c(c(OC)n2)C(N2CCC4(CCNC(=O)N4)C2)CC3)c1Cl. The van der Waals surface area contributed by atoms with E-state index >= 15 is 0 Å². The number of rotatable bonds is 9. The highest BCUT2D eigenvalue weighted by Crippen LogP contribution is 2.46. The van der Waals surface area contributed by atoms with E-state index in [4.69, 9.17) is 21.3 Å². The van der Waals surface area contributed by atoms with E-state index in [9.17, 15) is 24.3 Å². The molecule has 4 N–H and O–H groups in total. The van der Waals surface area contributed by atoms with E-state index in [1.165, 1.54) is 25.7 Å². The van der Waals surface area contributed by atoms with Gasteiger partial charge >= 0.3 is 11.7 Å². The summed E-state index contributed by atoms with van der Waals surface area (Å²) in [5.74, 6) is -0.101. The molecule has 7 rings (SSSR count). The lowest BCUT2D eigenvalue weighted by Crippen LogP contribution is -2.59. The van der Waals surface area contributed by atoms with Gasteiger partial charge in [-0.15, -0.1) is 0 Å². The Morgan fingerprint density at radius 3 is 2.64 bits per heavy atom. The number of urea groups is 1. The first-order valence-electron chi connectivity index (χ1n) is 18.0. The number of amides is 3. The number of nitrogens with zero attached hydrogens (tertiary/aromatic N) is 4. The van der Waals surface area contributed by atoms with Crippen molar-refractivity contribution in [1.82, 2.24) is 29.7 Å². The number of benzene rings is 2. The van der Waals surface area contributed by atoms with E-state index in [1.54, 1.807) is 13.2 Å². The van der Waals surface area contributed by atoms with Crippen molar-refractivity contribution in [2.24, 2.45) is 7.05 Å². The van der Waals surface area contributed by atoms with E-state index in [-0.39, 0.29) is 29.7 Å². The summed E-state index contributed by atoms with van der Waals surface area (Å²) in [6, 6.07) is 13.5. The maximum atomic E-state index is 13.5. The number of hydrogen-bond acceptors (Lipinski definition) is 8. The fourth-order valence-corrected chi connectivity index (χ4v) is 8.57. The summed E-state index contributed by atoms with van der Waals surface area (Å²) in [7, 11) is 2.94. The third kappa shape index (κ3) is 6.73. The number of methoxy groups -OCH3 is 1. The Bertz CT molecular complexity index is 2230. The number of ether oxygens (including phenoxy) is 1. The standard InChI is InChI=1S/C39H44ClN7O6/c1-5-24-25(8-7-11-29(24)42-34(49)28-20-47(19-22(2)48)38(52)45(3)36(28)50)26-9-6-10-27(33(26)40)30-18-23-12-13-31(32(23)35(43-30)53-4)46-17-15-39(21-46)14-16-41-37(51)44-39/h6-11,18,20,22,31,48H,5,12-17,19,21H2,1-4H3,(H,42,49)(H2,41,44,51). The molecule has 3 unspecified atom stereocenters. The number of halogens is 1. The molecule has 2 fully saturated rings. The summed E-state index contributed by atoms with van der Waals surface area (Å²) in [4.78, 5) is 58.7. The van der Waals surface area contributed by atoms with E-state index in [2.05, 4.69) is 26.9 Å². The molecule has 2 aliphatic heterocycles. The smallest absolute Gasteiger partial charge is 0.330 e. The van der Waals surface area contributed by atoms with Gasteiger partial charge in [0.1, 0.15) is 5.56 Å². The Kier molecular flexibility index (Phi) is 9.92. The summed E-state index contributed by atoms with van der Waals surface area (Å²) in [6.45, 7) is 5.77. The predicted octanol–water partition coefficient (Wildman–Crippen LogP) is 4.27. The molecular formula is C39H44ClN7O6. The minimum absolute atomic E-state index is 0.0681. The Labute approximate surface area is 311 Å². The lowest BCUT2D eigenvalue weighted by atomic mass is 9.93. The van der Waals surface area contributed by atoms with Crippen LogP contribution in [0.15, 0.2) is 58.3 Å². The predicted molar refractivity (Wildman–Crippen MR) is 203 cm³/mol. The summed E-state index contributed by atoms with van der Waals surface area (Å²) >= 11 is 7.23. The van der Waals surface area contributed by atoms with Gasteiger partial charge in [-0.1, -0.05) is 48.9 Å². The molecule has 278 valence electrons. The van der Waals surface area contributed by atoms with Gasteiger partial charge in [-0.2, -0.15) is 0 Å². The molecule has 3 amide bonds. The van der Waals surface area contributed by atoms with E-state index in [0.717, 1.165) is 75.7 Å². The van der Waals surface area contributed by atoms with Crippen molar-refractivity contribution >= 4 is 29.2 Å². The molecule has 1 aliphatic carbocycles. The molecule has 2 aromatic heterocycles. The van der Waals surface area contributed by atoms with E-state index < -0.39 is 23.3 Å². The highest BCUT2D eigenvalue weighted by molar-refractivity contribution is 6.36. The quantitative estimate of drug-likeness (QED) is 0.198. The third-order valence-electron chi connectivity index (χ3n) is 10.8. The fourth-order valence-electron chi connectivity index (χ4n) is 8.24. The molecule has 4 aromatic rings. The van der Waals surface area contributed by atoms with E-state index in [1.807, 2.05) is 37.3 Å². The van der Waals surface area contributed by atoms with Crippen molar-refractivity contribution in [2.75, 3.05) is 32.1 Å². The average molecular weight is 742 g/mol. The van der Waals surface area contributed by atoms with Gasteiger partial charge in [-0.25, -0.2) is 14.6 Å². The number of anilines is 1. The van der Waals surface area contributed by atoms with Crippen molar-refractivity contribution in [3.8, 4) is 28.3 Å². The summed E-state index contributed by atoms with van der Waals surface area (Å²) in [5, 5.41) is 19.3. The van der Waals surface area contributed by atoms with Crippen molar-refractivity contribution < 1.29 is 19.4 Å². The van der Waals surface area contributed by atoms with Gasteiger partial charge in [-0.05, 0) is 67.9 Å². The van der Waals surface area contributed by atoms with Crippen LogP contribution >= 0.6 is 11.6 Å². The molecule has 3 aliphatic rings. The molecule has 0 radical (unpaired) electrons. The van der Waals surface area contributed by atoms with Crippen molar-refractivity contribution in [2.45, 2.75) is 70.2 Å². The lowest BCUT2D eigenvalue weighted by molar-refractivity contribution is 0.102. The number of nitrogens with one attached hydrogen (secondary N) is 3. The molecule has 0 bridgehead atoms. The van der Waals surface area contributed by atoms with Crippen LogP contribution in [0.5, 0.6) is 5.88 Å². The van der Waals surface area contributed by atoms with Crippen LogP contribution in [0.25, 0.3) is 22.4 Å². The normalized spacial score (nSPS) is 20.2. The van der Waals surface area contributed by atoms with Crippen LogP contribution in [-0.4, -0.2) is 74.4 Å². The zero-order valence-corrected chi connectivity index (χ0v) is 31.0. The molecule has 14 heteroatoms. The van der Waals surface area contributed by atoms with Crippen LogP contribution in [-0.2, 0) is 26.4 Å². The Hall–Kier alpha value is -4.98. The van der Waals surface area contributed by atoms with Crippen molar-refractivity contribution in [3.05, 3.63) is 96.8 Å². The molecule has 2 saturated heterocycles. The second kappa shape index (κ2) is 14.4. The molecule has 4 heterocycles. The minimum atomic E-state index is -0.858. The maximum absolute atomic E-state index is 13.5. The van der Waals surface area contributed by atoms with Crippen molar-refractivity contribution in [3.63, 3.8) is 0 Å². The zero-order valence-electron chi connectivity index (χ0n) is 30.3. The van der Waals surface area contributed by atoms with E-state index in [0.29, 0.717) is 35.2 Å². The van der Waals surface area contributed by atoms with Crippen LogP contribution < -0.4 is 31.9 Å². The second-order valence-corrected chi connectivity index (χ2v) is 14.7. The molecule has 53 heavy (non-hydrogen) atoms.